The first kappa shape index (κ1) is 11.1. The van der Waals surface area contributed by atoms with Crippen LogP contribution in [0.5, 0.6) is 0 Å². The highest BCUT2D eigenvalue weighted by molar-refractivity contribution is 6.02. The zero-order valence-corrected chi connectivity index (χ0v) is 9.61. The Kier molecular flexibility index (Phi) is 2.78. The average molecular weight is 231 g/mol. The Hall–Kier alpha value is -2.37. The van der Waals surface area contributed by atoms with Crippen LogP contribution in [0.1, 0.15) is 21.7 Å². The minimum atomic E-state index is -0.358. The van der Waals surface area contributed by atoms with E-state index in [9.17, 15) is 4.79 Å². The van der Waals surface area contributed by atoms with Crippen molar-refractivity contribution in [2.75, 3.05) is 11.1 Å². The molecule has 0 unspecified atom stereocenters. The third-order valence-electron chi connectivity index (χ3n) is 2.57. The lowest BCUT2D eigenvalue weighted by molar-refractivity contribution is 0.101. The highest BCUT2D eigenvalue weighted by Gasteiger charge is 2.12. The summed E-state index contributed by atoms with van der Waals surface area (Å²) in [6, 6.07) is 5.70. The predicted octanol–water partition coefficient (Wildman–Crippen LogP) is 1.26. The van der Waals surface area contributed by atoms with Crippen LogP contribution >= 0.6 is 0 Å². The van der Waals surface area contributed by atoms with Gasteiger partial charge in [0.1, 0.15) is 0 Å². The fourth-order valence-electron chi connectivity index (χ4n) is 1.44. The number of carbonyl (C=O) groups is 1. The number of aromatic nitrogens is 3. The number of benzene rings is 1. The van der Waals surface area contributed by atoms with E-state index in [1.165, 1.54) is 0 Å². The minimum absolute atomic E-state index is 0.0520. The molecule has 0 fully saturated rings. The van der Waals surface area contributed by atoms with E-state index in [1.807, 2.05) is 32.0 Å². The minimum Gasteiger partial charge on any atom is -0.366 e. The molecule has 4 N–H and O–H groups in total. The zero-order chi connectivity index (χ0) is 12.4. The zero-order valence-electron chi connectivity index (χ0n) is 9.61. The molecule has 1 aromatic carbocycles. The lowest BCUT2D eigenvalue weighted by Crippen LogP contribution is -2.14. The number of amides is 1. The van der Waals surface area contributed by atoms with Crippen molar-refractivity contribution in [1.82, 2.24) is 15.2 Å². The van der Waals surface area contributed by atoms with E-state index in [-0.39, 0.29) is 17.7 Å². The highest BCUT2D eigenvalue weighted by atomic mass is 16.2. The number of aromatic amines is 1. The lowest BCUT2D eigenvalue weighted by atomic mass is 10.1. The summed E-state index contributed by atoms with van der Waals surface area (Å²) < 4.78 is 0. The Morgan fingerprint density at radius 1 is 1.41 bits per heavy atom. The van der Waals surface area contributed by atoms with Crippen LogP contribution in [0.25, 0.3) is 0 Å². The van der Waals surface area contributed by atoms with Crippen LogP contribution in [0.15, 0.2) is 18.2 Å². The molecule has 1 aromatic heterocycles. The molecule has 2 aromatic rings. The predicted molar refractivity (Wildman–Crippen MR) is 64.7 cm³/mol. The van der Waals surface area contributed by atoms with Crippen LogP contribution < -0.4 is 11.1 Å². The summed E-state index contributed by atoms with van der Waals surface area (Å²) in [6.45, 7) is 3.93. The highest BCUT2D eigenvalue weighted by Crippen LogP contribution is 2.18. The number of H-pyrrole nitrogens is 1. The molecule has 2 rings (SSSR count). The number of rotatable bonds is 2. The Morgan fingerprint density at radius 3 is 2.82 bits per heavy atom. The first-order chi connectivity index (χ1) is 8.08. The molecule has 0 saturated heterocycles. The van der Waals surface area contributed by atoms with E-state index in [4.69, 9.17) is 5.73 Å². The van der Waals surface area contributed by atoms with Crippen LogP contribution in [0.3, 0.4) is 0 Å². The van der Waals surface area contributed by atoms with Crippen molar-refractivity contribution in [3.63, 3.8) is 0 Å². The lowest BCUT2D eigenvalue weighted by Gasteiger charge is -2.08. The normalized spacial score (nSPS) is 10.2. The van der Waals surface area contributed by atoms with E-state index in [1.54, 1.807) is 0 Å². The number of nitrogens with two attached hydrogens (primary N) is 1. The number of carbonyl (C=O) groups excluding carboxylic acids is 1. The number of hydrogen-bond donors (Lipinski definition) is 3. The Labute approximate surface area is 98.3 Å². The molecule has 0 saturated carbocycles. The van der Waals surface area contributed by atoms with Gasteiger partial charge < -0.3 is 11.1 Å². The van der Waals surface area contributed by atoms with E-state index in [0.29, 0.717) is 0 Å². The third-order valence-corrected chi connectivity index (χ3v) is 2.57. The van der Waals surface area contributed by atoms with Gasteiger partial charge in [0.2, 0.25) is 11.8 Å². The molecule has 0 aliphatic carbocycles. The van der Waals surface area contributed by atoms with Crippen LogP contribution in [0, 0.1) is 13.8 Å². The Balaban J connectivity index is 2.21. The molecular formula is C11H13N5O. The Bertz CT molecular complexity index is 561. The molecule has 1 amide bonds. The number of nitrogens with zero attached hydrogens (tertiary/aromatic N) is 2. The molecule has 88 valence electrons. The summed E-state index contributed by atoms with van der Waals surface area (Å²) in [5, 5.41) is 8.81. The van der Waals surface area contributed by atoms with E-state index < -0.39 is 0 Å². The van der Waals surface area contributed by atoms with Crippen molar-refractivity contribution in [2.24, 2.45) is 0 Å². The molecule has 17 heavy (non-hydrogen) atoms. The quantitative estimate of drug-likeness (QED) is 0.724. The van der Waals surface area contributed by atoms with Gasteiger partial charge in [0, 0.05) is 5.69 Å². The van der Waals surface area contributed by atoms with Crippen LogP contribution in [0.2, 0.25) is 0 Å². The largest absolute Gasteiger partial charge is 0.366 e. The van der Waals surface area contributed by atoms with Gasteiger partial charge in [0.05, 0.1) is 0 Å². The van der Waals surface area contributed by atoms with Crippen molar-refractivity contribution >= 4 is 17.5 Å². The van der Waals surface area contributed by atoms with Gasteiger partial charge in [-0.05, 0) is 31.0 Å². The molecule has 1 heterocycles. The maximum absolute atomic E-state index is 11.8. The fraction of sp³-hybridized carbons (Fsp3) is 0.182. The monoisotopic (exact) mass is 231 g/mol. The molecule has 0 aliphatic heterocycles. The number of nitrogen functional groups attached to an aromatic ring is 1. The molecule has 0 radical (unpaired) electrons. The summed E-state index contributed by atoms with van der Waals surface area (Å²) in [6.07, 6.45) is 0. The standard InChI is InChI=1S/C11H13N5O/c1-6-4-3-5-8(7(6)2)13-10(17)9-14-11(12)16-15-9/h3-5H,1-2H3,(H,13,17)(H3,12,14,15,16). The second kappa shape index (κ2) is 4.25. The molecule has 6 heteroatoms. The van der Waals surface area contributed by atoms with Gasteiger partial charge in [-0.25, -0.2) is 0 Å². The van der Waals surface area contributed by atoms with Crippen molar-refractivity contribution in [3.05, 3.63) is 35.2 Å². The molecular weight excluding hydrogens is 218 g/mol. The fourth-order valence-corrected chi connectivity index (χ4v) is 1.44. The number of anilines is 2. The van der Waals surface area contributed by atoms with Gasteiger partial charge in [-0.2, -0.15) is 4.98 Å². The molecule has 0 atom stereocenters. The van der Waals surface area contributed by atoms with E-state index in [2.05, 4.69) is 20.5 Å². The summed E-state index contributed by atoms with van der Waals surface area (Å²) in [5.74, 6) is -0.206. The molecule has 0 bridgehead atoms. The molecule has 6 nitrogen and oxygen atoms in total. The third kappa shape index (κ3) is 2.25. The number of hydrogen-bond acceptors (Lipinski definition) is 4. The first-order valence-corrected chi connectivity index (χ1v) is 5.13. The number of aryl methyl sites for hydroxylation is 1. The van der Waals surface area contributed by atoms with Crippen LogP contribution in [0.4, 0.5) is 11.6 Å². The van der Waals surface area contributed by atoms with Gasteiger partial charge in [0.15, 0.2) is 0 Å². The van der Waals surface area contributed by atoms with Crippen LogP contribution in [-0.2, 0) is 0 Å². The van der Waals surface area contributed by atoms with E-state index in [0.717, 1.165) is 16.8 Å². The smallest absolute Gasteiger partial charge is 0.293 e. The summed E-state index contributed by atoms with van der Waals surface area (Å²) >= 11 is 0. The second-order valence-corrected chi connectivity index (χ2v) is 3.74. The van der Waals surface area contributed by atoms with Crippen molar-refractivity contribution < 1.29 is 4.79 Å². The summed E-state index contributed by atoms with van der Waals surface area (Å²) in [4.78, 5) is 15.5. The van der Waals surface area contributed by atoms with Gasteiger partial charge in [-0.15, -0.1) is 5.10 Å². The summed E-state index contributed by atoms with van der Waals surface area (Å²) in [5.41, 5.74) is 8.22. The average Bonchev–Trinajstić information content (AvgIpc) is 2.72. The second-order valence-electron chi connectivity index (χ2n) is 3.74. The van der Waals surface area contributed by atoms with Gasteiger partial charge in [-0.3, -0.25) is 9.89 Å². The topological polar surface area (TPSA) is 96.7 Å². The molecule has 0 aliphatic rings. The van der Waals surface area contributed by atoms with Gasteiger partial charge in [0.25, 0.3) is 5.91 Å². The van der Waals surface area contributed by atoms with Gasteiger partial charge >= 0.3 is 0 Å². The SMILES string of the molecule is Cc1cccc(NC(=O)c2nc(N)n[nH]2)c1C. The first-order valence-electron chi connectivity index (χ1n) is 5.13. The molecule has 0 spiro atoms. The van der Waals surface area contributed by atoms with Crippen LogP contribution in [-0.4, -0.2) is 21.1 Å². The van der Waals surface area contributed by atoms with Gasteiger partial charge in [-0.1, -0.05) is 12.1 Å². The Morgan fingerprint density at radius 2 is 2.18 bits per heavy atom. The summed E-state index contributed by atoms with van der Waals surface area (Å²) in [7, 11) is 0. The van der Waals surface area contributed by atoms with Crippen molar-refractivity contribution in [3.8, 4) is 0 Å². The van der Waals surface area contributed by atoms with Crippen molar-refractivity contribution in [2.45, 2.75) is 13.8 Å². The van der Waals surface area contributed by atoms with Crippen molar-refractivity contribution in [1.29, 1.82) is 0 Å². The maximum atomic E-state index is 11.8. The maximum Gasteiger partial charge on any atom is 0.293 e. The number of nitrogens with one attached hydrogen (secondary N) is 2. The van der Waals surface area contributed by atoms with E-state index >= 15 is 0 Å².